The minimum absolute atomic E-state index is 0.0432. The molecule has 0 atom stereocenters. The number of piperazine rings is 1. The van der Waals surface area contributed by atoms with Gasteiger partial charge in [-0.15, -0.1) is 0 Å². The number of nitrogens with zero attached hydrogens (tertiary/aromatic N) is 6. The van der Waals surface area contributed by atoms with Crippen molar-refractivity contribution in [1.82, 2.24) is 24.6 Å². The van der Waals surface area contributed by atoms with Gasteiger partial charge in [0.2, 0.25) is 0 Å². The van der Waals surface area contributed by atoms with Crippen molar-refractivity contribution in [2.45, 2.75) is 13.1 Å². The molecule has 126 valence electrons. The van der Waals surface area contributed by atoms with Crippen LogP contribution in [0.25, 0.3) is 11.0 Å². The molecule has 1 saturated heterocycles. The van der Waals surface area contributed by atoms with Gasteiger partial charge in [0, 0.05) is 26.2 Å². The SMILES string of the molecule is OCCn1ncc2c(N3CCN(Cc4ccco4)CC3)ncnc21. The Labute approximate surface area is 139 Å². The molecule has 0 saturated carbocycles. The van der Waals surface area contributed by atoms with Gasteiger partial charge in [0.25, 0.3) is 0 Å². The highest BCUT2D eigenvalue weighted by molar-refractivity contribution is 5.86. The van der Waals surface area contributed by atoms with Crippen molar-refractivity contribution in [3.63, 3.8) is 0 Å². The first-order valence-electron chi connectivity index (χ1n) is 8.12. The van der Waals surface area contributed by atoms with E-state index in [4.69, 9.17) is 9.52 Å². The van der Waals surface area contributed by atoms with E-state index in [-0.39, 0.29) is 6.61 Å². The molecule has 4 heterocycles. The number of hydrogen-bond donors (Lipinski definition) is 1. The van der Waals surface area contributed by atoms with Crippen LogP contribution in [0.3, 0.4) is 0 Å². The molecule has 0 bridgehead atoms. The van der Waals surface area contributed by atoms with Crippen LogP contribution in [-0.2, 0) is 13.1 Å². The standard InChI is InChI=1S/C16H20N6O2/c23-8-7-22-16-14(10-19-22)15(17-12-18-16)21-5-3-20(4-6-21)11-13-2-1-9-24-13/h1-2,9-10,12,23H,3-8,11H2. The lowest BCUT2D eigenvalue weighted by molar-refractivity contribution is 0.230. The summed E-state index contributed by atoms with van der Waals surface area (Å²) in [6.07, 6.45) is 5.07. The number of aliphatic hydroxyl groups is 1. The summed E-state index contributed by atoms with van der Waals surface area (Å²) in [5.74, 6) is 1.92. The summed E-state index contributed by atoms with van der Waals surface area (Å²) in [6, 6.07) is 3.93. The molecular formula is C16H20N6O2. The Morgan fingerprint density at radius 1 is 1.17 bits per heavy atom. The lowest BCUT2D eigenvalue weighted by Gasteiger charge is -2.35. The fourth-order valence-corrected chi connectivity index (χ4v) is 3.13. The van der Waals surface area contributed by atoms with Crippen molar-refractivity contribution in [1.29, 1.82) is 0 Å². The van der Waals surface area contributed by atoms with Gasteiger partial charge in [-0.25, -0.2) is 14.6 Å². The van der Waals surface area contributed by atoms with Crippen LogP contribution in [0, 0.1) is 0 Å². The summed E-state index contributed by atoms with van der Waals surface area (Å²) in [5.41, 5.74) is 0.770. The van der Waals surface area contributed by atoms with Crippen molar-refractivity contribution in [3.05, 3.63) is 36.7 Å². The van der Waals surface area contributed by atoms with E-state index in [1.165, 1.54) is 0 Å². The molecule has 1 aliphatic rings. The number of aromatic nitrogens is 4. The number of fused-ring (bicyclic) bond motifs is 1. The third kappa shape index (κ3) is 2.85. The van der Waals surface area contributed by atoms with E-state index in [9.17, 15) is 0 Å². The molecule has 0 spiro atoms. The van der Waals surface area contributed by atoms with Crippen LogP contribution in [0.4, 0.5) is 5.82 Å². The number of hydrogen-bond acceptors (Lipinski definition) is 7. The number of anilines is 1. The lowest BCUT2D eigenvalue weighted by Crippen LogP contribution is -2.46. The van der Waals surface area contributed by atoms with Crippen LogP contribution in [0.15, 0.2) is 35.3 Å². The van der Waals surface area contributed by atoms with Crippen molar-refractivity contribution in [2.75, 3.05) is 37.7 Å². The number of aliphatic hydroxyl groups excluding tert-OH is 1. The van der Waals surface area contributed by atoms with Gasteiger partial charge in [0.05, 0.1) is 37.5 Å². The summed E-state index contributed by atoms with van der Waals surface area (Å²) in [5, 5.41) is 14.4. The van der Waals surface area contributed by atoms with Crippen LogP contribution in [0.1, 0.15) is 5.76 Å². The highest BCUT2D eigenvalue weighted by atomic mass is 16.3. The largest absolute Gasteiger partial charge is 0.468 e. The molecule has 24 heavy (non-hydrogen) atoms. The van der Waals surface area contributed by atoms with Crippen LogP contribution < -0.4 is 4.90 Å². The van der Waals surface area contributed by atoms with Crippen LogP contribution >= 0.6 is 0 Å². The summed E-state index contributed by atoms with van der Waals surface area (Å²) in [6.45, 7) is 5.04. The molecule has 0 amide bonds. The second kappa shape index (κ2) is 6.58. The summed E-state index contributed by atoms with van der Waals surface area (Å²) in [4.78, 5) is 13.4. The van der Waals surface area contributed by atoms with Gasteiger partial charge < -0.3 is 14.4 Å². The van der Waals surface area contributed by atoms with Crippen LogP contribution in [-0.4, -0.2) is 62.5 Å². The van der Waals surface area contributed by atoms with E-state index in [2.05, 4.69) is 24.9 Å². The predicted octanol–water partition coefficient (Wildman–Crippen LogP) is 0.734. The zero-order valence-electron chi connectivity index (χ0n) is 13.4. The van der Waals surface area contributed by atoms with Gasteiger partial charge in [-0.1, -0.05) is 0 Å². The fraction of sp³-hybridized carbons (Fsp3) is 0.438. The Morgan fingerprint density at radius 3 is 2.79 bits per heavy atom. The number of furan rings is 1. The fourth-order valence-electron chi connectivity index (χ4n) is 3.13. The topological polar surface area (TPSA) is 83.5 Å². The Bertz CT molecular complexity index is 792. The lowest BCUT2D eigenvalue weighted by atomic mass is 10.2. The summed E-state index contributed by atoms with van der Waals surface area (Å²) in [7, 11) is 0. The molecule has 1 fully saturated rings. The second-order valence-electron chi connectivity index (χ2n) is 5.87. The van der Waals surface area contributed by atoms with Crippen molar-refractivity contribution in [2.24, 2.45) is 0 Å². The minimum Gasteiger partial charge on any atom is -0.468 e. The van der Waals surface area contributed by atoms with E-state index in [0.29, 0.717) is 6.54 Å². The van der Waals surface area contributed by atoms with Crippen molar-refractivity contribution >= 4 is 16.9 Å². The molecule has 3 aromatic heterocycles. The Balaban J connectivity index is 1.48. The zero-order valence-corrected chi connectivity index (χ0v) is 13.4. The maximum atomic E-state index is 9.12. The maximum Gasteiger partial charge on any atom is 0.163 e. The Kier molecular flexibility index (Phi) is 4.14. The third-order valence-electron chi connectivity index (χ3n) is 4.36. The van der Waals surface area contributed by atoms with Gasteiger partial charge in [-0.05, 0) is 12.1 Å². The molecule has 8 heteroatoms. The highest BCUT2D eigenvalue weighted by Crippen LogP contribution is 2.24. The van der Waals surface area contributed by atoms with Crippen molar-refractivity contribution < 1.29 is 9.52 Å². The second-order valence-corrected chi connectivity index (χ2v) is 5.87. The van der Waals surface area contributed by atoms with E-state index >= 15 is 0 Å². The first-order valence-corrected chi connectivity index (χ1v) is 8.12. The smallest absolute Gasteiger partial charge is 0.163 e. The quantitative estimate of drug-likeness (QED) is 0.739. The molecule has 8 nitrogen and oxygen atoms in total. The normalized spacial score (nSPS) is 16.1. The minimum atomic E-state index is 0.0432. The summed E-state index contributed by atoms with van der Waals surface area (Å²) >= 11 is 0. The molecule has 1 aliphatic heterocycles. The molecule has 3 aromatic rings. The highest BCUT2D eigenvalue weighted by Gasteiger charge is 2.21. The first kappa shape index (κ1) is 15.1. The van der Waals surface area contributed by atoms with Crippen LogP contribution in [0.2, 0.25) is 0 Å². The summed E-state index contributed by atoms with van der Waals surface area (Å²) < 4.78 is 7.14. The van der Waals surface area contributed by atoms with E-state index in [1.807, 2.05) is 12.1 Å². The van der Waals surface area contributed by atoms with Gasteiger partial charge in [-0.3, -0.25) is 4.90 Å². The molecule has 4 rings (SSSR count). The van der Waals surface area contributed by atoms with Gasteiger partial charge in [0.1, 0.15) is 17.9 Å². The molecular weight excluding hydrogens is 308 g/mol. The third-order valence-corrected chi connectivity index (χ3v) is 4.36. The van der Waals surface area contributed by atoms with Gasteiger partial charge in [0.15, 0.2) is 5.65 Å². The molecule has 0 unspecified atom stereocenters. The van der Waals surface area contributed by atoms with E-state index in [0.717, 1.165) is 55.3 Å². The monoisotopic (exact) mass is 328 g/mol. The van der Waals surface area contributed by atoms with E-state index in [1.54, 1.807) is 23.5 Å². The Morgan fingerprint density at radius 2 is 2.04 bits per heavy atom. The molecule has 0 aliphatic carbocycles. The Hall–Kier alpha value is -2.45. The first-order chi connectivity index (χ1) is 11.8. The molecule has 0 aromatic carbocycles. The van der Waals surface area contributed by atoms with Gasteiger partial charge >= 0.3 is 0 Å². The van der Waals surface area contributed by atoms with Crippen LogP contribution in [0.5, 0.6) is 0 Å². The number of rotatable bonds is 5. The molecule has 1 N–H and O–H groups in total. The van der Waals surface area contributed by atoms with Gasteiger partial charge in [-0.2, -0.15) is 5.10 Å². The maximum absolute atomic E-state index is 9.12. The van der Waals surface area contributed by atoms with E-state index < -0.39 is 0 Å². The average molecular weight is 328 g/mol. The molecule has 0 radical (unpaired) electrons. The zero-order chi connectivity index (χ0) is 16.4. The average Bonchev–Trinajstić information content (AvgIpc) is 3.26. The predicted molar refractivity (Wildman–Crippen MR) is 88.6 cm³/mol. The van der Waals surface area contributed by atoms with Crippen molar-refractivity contribution in [3.8, 4) is 0 Å².